The van der Waals surface area contributed by atoms with E-state index in [1.165, 1.54) is 12.1 Å². The van der Waals surface area contributed by atoms with Crippen molar-refractivity contribution in [3.05, 3.63) is 71.8 Å². The third-order valence-electron chi connectivity index (χ3n) is 3.61. The van der Waals surface area contributed by atoms with Crippen molar-refractivity contribution in [1.29, 1.82) is 0 Å². The molecule has 0 fully saturated rings. The lowest BCUT2D eigenvalue weighted by atomic mass is 9.97. The summed E-state index contributed by atoms with van der Waals surface area (Å²) >= 11 is 0. The topological polar surface area (TPSA) is 37.8 Å². The van der Waals surface area contributed by atoms with Crippen molar-refractivity contribution in [2.24, 2.45) is 0 Å². The maximum atomic E-state index is 13.0. The van der Waals surface area contributed by atoms with Crippen LogP contribution in [0.3, 0.4) is 0 Å². The fourth-order valence-corrected chi connectivity index (χ4v) is 2.52. The van der Waals surface area contributed by atoms with E-state index in [9.17, 15) is 4.39 Å². The smallest absolute Gasteiger partial charge is 0.123 e. The fraction of sp³-hybridized carbons (Fsp3) is 0.176. The average molecular weight is 281 g/mol. The molecule has 3 aromatic rings. The quantitative estimate of drug-likeness (QED) is 0.797. The zero-order valence-electron chi connectivity index (χ0n) is 11.8. The molecule has 21 heavy (non-hydrogen) atoms. The van der Waals surface area contributed by atoms with E-state index in [-0.39, 0.29) is 11.9 Å². The number of fused-ring (bicyclic) bond motifs is 1. The van der Waals surface area contributed by atoms with Gasteiger partial charge in [-0.15, -0.1) is 0 Å². The van der Waals surface area contributed by atoms with Crippen molar-refractivity contribution in [3.8, 4) is 0 Å². The van der Waals surface area contributed by atoms with Crippen LogP contribution in [0, 0.1) is 5.82 Å². The van der Waals surface area contributed by atoms with Gasteiger partial charge in [0.15, 0.2) is 0 Å². The predicted octanol–water partition coefficient (Wildman–Crippen LogP) is 3.27. The first-order chi connectivity index (χ1) is 10.3. The van der Waals surface area contributed by atoms with Gasteiger partial charge in [0.2, 0.25) is 0 Å². The normalized spacial score (nSPS) is 12.5. The number of hydrogen-bond donors (Lipinski definition) is 1. The Kier molecular flexibility index (Phi) is 3.88. The Hall–Kier alpha value is -2.33. The van der Waals surface area contributed by atoms with E-state index < -0.39 is 0 Å². The first kappa shape index (κ1) is 13.6. The van der Waals surface area contributed by atoms with E-state index in [0.29, 0.717) is 0 Å². The number of aromatic nitrogens is 2. The molecule has 0 aliphatic rings. The van der Waals surface area contributed by atoms with Gasteiger partial charge in [0.1, 0.15) is 5.82 Å². The Morgan fingerprint density at radius 1 is 1.05 bits per heavy atom. The van der Waals surface area contributed by atoms with Crippen LogP contribution in [0.2, 0.25) is 0 Å². The van der Waals surface area contributed by atoms with Crippen molar-refractivity contribution in [2.45, 2.75) is 12.5 Å². The maximum absolute atomic E-state index is 13.0. The molecule has 1 unspecified atom stereocenters. The van der Waals surface area contributed by atoms with E-state index in [1.807, 2.05) is 31.3 Å². The standard InChI is InChI=1S/C17H16FN3/c1-19-16(11-12-5-7-13(18)8-6-12)14-3-2-4-15-17(14)21-10-9-20-15/h2-10,16,19H,11H2,1H3. The van der Waals surface area contributed by atoms with Crippen LogP contribution in [0.25, 0.3) is 11.0 Å². The van der Waals surface area contributed by atoms with Gasteiger partial charge in [0, 0.05) is 18.4 Å². The van der Waals surface area contributed by atoms with Crippen LogP contribution in [0.15, 0.2) is 54.9 Å². The second kappa shape index (κ2) is 5.97. The van der Waals surface area contributed by atoms with Gasteiger partial charge < -0.3 is 5.32 Å². The van der Waals surface area contributed by atoms with Crippen molar-refractivity contribution in [3.63, 3.8) is 0 Å². The average Bonchev–Trinajstić information content (AvgIpc) is 2.54. The molecule has 0 aliphatic carbocycles. The summed E-state index contributed by atoms with van der Waals surface area (Å²) in [7, 11) is 1.92. The summed E-state index contributed by atoms with van der Waals surface area (Å²) in [5.74, 6) is -0.212. The molecule has 0 bridgehead atoms. The Morgan fingerprint density at radius 2 is 1.81 bits per heavy atom. The molecule has 2 aromatic carbocycles. The van der Waals surface area contributed by atoms with Gasteiger partial charge in [-0.2, -0.15) is 0 Å². The van der Waals surface area contributed by atoms with Crippen molar-refractivity contribution in [1.82, 2.24) is 15.3 Å². The number of nitrogens with zero attached hydrogens (tertiary/aromatic N) is 2. The monoisotopic (exact) mass is 281 g/mol. The molecule has 1 heterocycles. The van der Waals surface area contributed by atoms with Gasteiger partial charge in [0.05, 0.1) is 11.0 Å². The minimum Gasteiger partial charge on any atom is -0.313 e. The molecular formula is C17H16FN3. The van der Waals surface area contributed by atoms with Gasteiger partial charge >= 0.3 is 0 Å². The van der Waals surface area contributed by atoms with E-state index in [0.717, 1.165) is 28.6 Å². The minimum atomic E-state index is -0.212. The van der Waals surface area contributed by atoms with E-state index in [2.05, 4.69) is 21.4 Å². The van der Waals surface area contributed by atoms with Crippen LogP contribution < -0.4 is 5.32 Å². The zero-order valence-corrected chi connectivity index (χ0v) is 11.8. The summed E-state index contributed by atoms with van der Waals surface area (Å²) in [6.07, 6.45) is 4.17. The maximum Gasteiger partial charge on any atom is 0.123 e. The SMILES string of the molecule is CNC(Cc1ccc(F)cc1)c1cccc2nccnc12. The van der Waals surface area contributed by atoms with Crippen LogP contribution in [0.4, 0.5) is 4.39 Å². The van der Waals surface area contributed by atoms with E-state index >= 15 is 0 Å². The molecule has 106 valence electrons. The number of hydrogen-bond acceptors (Lipinski definition) is 3. The number of likely N-dealkylation sites (N-methyl/N-ethyl adjacent to an activating group) is 1. The van der Waals surface area contributed by atoms with Gasteiger partial charge in [-0.3, -0.25) is 9.97 Å². The molecule has 0 saturated heterocycles. The molecule has 1 atom stereocenters. The highest BCUT2D eigenvalue weighted by Crippen LogP contribution is 2.24. The van der Waals surface area contributed by atoms with Gasteiger partial charge in [0.25, 0.3) is 0 Å². The summed E-state index contributed by atoms with van der Waals surface area (Å²) in [4.78, 5) is 8.78. The Bertz CT molecular complexity index is 735. The van der Waals surface area contributed by atoms with E-state index in [1.54, 1.807) is 12.4 Å². The minimum absolute atomic E-state index is 0.107. The largest absolute Gasteiger partial charge is 0.313 e. The molecule has 4 heteroatoms. The molecule has 1 N–H and O–H groups in total. The molecule has 3 rings (SSSR count). The lowest BCUT2D eigenvalue weighted by molar-refractivity contribution is 0.591. The number of rotatable bonds is 4. The third kappa shape index (κ3) is 2.90. The van der Waals surface area contributed by atoms with Crippen molar-refractivity contribution >= 4 is 11.0 Å². The van der Waals surface area contributed by atoms with Crippen molar-refractivity contribution in [2.75, 3.05) is 7.05 Å². The summed E-state index contributed by atoms with van der Waals surface area (Å²) in [5.41, 5.74) is 3.97. The lowest BCUT2D eigenvalue weighted by Gasteiger charge is -2.18. The summed E-state index contributed by atoms with van der Waals surface area (Å²) in [6, 6.07) is 12.7. The van der Waals surface area contributed by atoms with Crippen LogP contribution >= 0.6 is 0 Å². The molecule has 3 nitrogen and oxygen atoms in total. The predicted molar refractivity (Wildman–Crippen MR) is 81.4 cm³/mol. The van der Waals surface area contributed by atoms with E-state index in [4.69, 9.17) is 0 Å². The van der Waals surface area contributed by atoms with Crippen LogP contribution in [-0.4, -0.2) is 17.0 Å². The molecule has 0 saturated carbocycles. The molecular weight excluding hydrogens is 265 g/mol. The first-order valence-electron chi connectivity index (χ1n) is 6.89. The molecule has 0 radical (unpaired) electrons. The number of halogens is 1. The molecule has 0 spiro atoms. The number of benzene rings is 2. The van der Waals surface area contributed by atoms with Gasteiger partial charge in [-0.05, 0) is 42.8 Å². The Labute approximate surface area is 122 Å². The van der Waals surface area contributed by atoms with Gasteiger partial charge in [-0.1, -0.05) is 24.3 Å². The highest BCUT2D eigenvalue weighted by Gasteiger charge is 2.14. The second-order valence-corrected chi connectivity index (χ2v) is 4.94. The molecule has 0 amide bonds. The summed E-state index contributed by atoms with van der Waals surface area (Å²) < 4.78 is 13.0. The van der Waals surface area contributed by atoms with Gasteiger partial charge in [-0.25, -0.2) is 4.39 Å². The highest BCUT2D eigenvalue weighted by molar-refractivity contribution is 5.78. The second-order valence-electron chi connectivity index (χ2n) is 4.94. The first-order valence-corrected chi connectivity index (χ1v) is 6.89. The number of para-hydroxylation sites is 1. The summed E-state index contributed by atoms with van der Waals surface area (Å²) in [6.45, 7) is 0. The van der Waals surface area contributed by atoms with Crippen molar-refractivity contribution < 1.29 is 4.39 Å². The summed E-state index contributed by atoms with van der Waals surface area (Å²) in [5, 5.41) is 3.31. The van der Waals surface area contributed by atoms with Crippen LogP contribution in [-0.2, 0) is 6.42 Å². The Balaban J connectivity index is 1.96. The fourth-order valence-electron chi connectivity index (χ4n) is 2.52. The lowest BCUT2D eigenvalue weighted by Crippen LogP contribution is -2.19. The Morgan fingerprint density at radius 3 is 2.57 bits per heavy atom. The van der Waals surface area contributed by atoms with Crippen LogP contribution in [0.5, 0.6) is 0 Å². The zero-order chi connectivity index (χ0) is 14.7. The highest BCUT2D eigenvalue weighted by atomic mass is 19.1. The molecule has 1 aromatic heterocycles. The number of nitrogens with one attached hydrogen (secondary N) is 1. The molecule has 0 aliphatic heterocycles. The third-order valence-corrected chi connectivity index (χ3v) is 3.61. The van der Waals surface area contributed by atoms with Crippen LogP contribution in [0.1, 0.15) is 17.2 Å².